The lowest BCUT2D eigenvalue weighted by Gasteiger charge is -2.12. The maximum Gasteiger partial charge on any atom is 0.416 e. The van der Waals surface area contributed by atoms with Crippen LogP contribution in [0.2, 0.25) is 0 Å². The Morgan fingerprint density at radius 3 is 2.43 bits per heavy atom. The van der Waals surface area contributed by atoms with Crippen molar-refractivity contribution in [1.82, 2.24) is 20.2 Å². The monoisotopic (exact) mass is 389 g/mol. The highest BCUT2D eigenvalue weighted by atomic mass is 19.4. The molecule has 2 aromatic carbocycles. The molecule has 0 aliphatic rings. The highest BCUT2D eigenvalue weighted by Crippen LogP contribution is 2.29. The van der Waals surface area contributed by atoms with E-state index in [1.54, 1.807) is 7.05 Å². The van der Waals surface area contributed by atoms with Crippen LogP contribution in [0.5, 0.6) is 0 Å². The number of benzene rings is 2. The van der Waals surface area contributed by atoms with Crippen molar-refractivity contribution in [2.75, 3.05) is 13.6 Å². The fourth-order valence-electron chi connectivity index (χ4n) is 2.92. The molecular weight excluding hydrogens is 367 g/mol. The van der Waals surface area contributed by atoms with Gasteiger partial charge in [0.25, 0.3) is 0 Å². The Morgan fingerprint density at radius 2 is 1.79 bits per heavy atom. The van der Waals surface area contributed by atoms with Gasteiger partial charge in [0.2, 0.25) is 0 Å². The summed E-state index contributed by atoms with van der Waals surface area (Å²) in [6.45, 7) is 1.05. The molecule has 8 heteroatoms. The lowest BCUT2D eigenvalue weighted by Crippen LogP contribution is -2.38. The molecule has 0 aliphatic heterocycles. The van der Waals surface area contributed by atoms with E-state index in [2.05, 4.69) is 20.6 Å². The second-order valence-electron chi connectivity index (χ2n) is 6.37. The van der Waals surface area contributed by atoms with Gasteiger partial charge in [-0.05, 0) is 36.2 Å². The van der Waals surface area contributed by atoms with Gasteiger partial charge in [0.05, 0.1) is 23.1 Å². The van der Waals surface area contributed by atoms with Gasteiger partial charge >= 0.3 is 6.18 Å². The number of nitrogens with zero attached hydrogens (tertiary/aromatic N) is 3. The maximum atomic E-state index is 12.6. The van der Waals surface area contributed by atoms with E-state index in [-0.39, 0.29) is 0 Å². The van der Waals surface area contributed by atoms with Crippen molar-refractivity contribution < 1.29 is 13.2 Å². The Hall–Kier alpha value is -3.03. The van der Waals surface area contributed by atoms with Crippen molar-refractivity contribution in [3.63, 3.8) is 0 Å². The Labute approximate surface area is 161 Å². The number of aliphatic imine (C=N–C) groups is 1. The molecule has 0 amide bonds. The molecule has 3 rings (SSSR count). The Morgan fingerprint density at radius 1 is 1.07 bits per heavy atom. The fraction of sp³-hybridized carbons (Fsp3) is 0.300. The molecule has 0 unspecified atom stereocenters. The van der Waals surface area contributed by atoms with Crippen LogP contribution in [0.4, 0.5) is 13.2 Å². The number of alkyl halides is 3. The summed E-state index contributed by atoms with van der Waals surface area (Å²) < 4.78 is 39.8. The van der Waals surface area contributed by atoms with Gasteiger partial charge in [-0.25, -0.2) is 4.98 Å². The molecule has 0 aliphatic carbocycles. The third kappa shape index (κ3) is 4.62. The SMILES string of the molecule is CN=C(NCCc1ccc(C(F)(F)F)cc1)NCc1nc2ccccc2n1C. The van der Waals surface area contributed by atoms with Crippen molar-refractivity contribution >= 4 is 17.0 Å². The second kappa shape index (κ2) is 8.33. The van der Waals surface area contributed by atoms with Gasteiger partial charge in [-0.1, -0.05) is 24.3 Å². The molecular formula is C20H22F3N5. The molecule has 2 N–H and O–H groups in total. The molecule has 1 heterocycles. The second-order valence-corrected chi connectivity index (χ2v) is 6.37. The number of para-hydroxylation sites is 2. The number of hydrogen-bond donors (Lipinski definition) is 2. The number of aryl methyl sites for hydroxylation is 1. The van der Waals surface area contributed by atoms with Gasteiger partial charge in [0, 0.05) is 20.6 Å². The van der Waals surface area contributed by atoms with Crippen molar-refractivity contribution in [1.29, 1.82) is 0 Å². The zero-order chi connectivity index (χ0) is 20.1. The van der Waals surface area contributed by atoms with Crippen molar-refractivity contribution in [2.24, 2.45) is 12.0 Å². The van der Waals surface area contributed by atoms with Gasteiger partial charge in [-0.15, -0.1) is 0 Å². The highest BCUT2D eigenvalue weighted by Gasteiger charge is 2.29. The molecule has 0 saturated carbocycles. The number of nitrogens with one attached hydrogen (secondary N) is 2. The average molecular weight is 389 g/mol. The molecule has 0 bridgehead atoms. The molecule has 0 radical (unpaired) electrons. The Kier molecular flexibility index (Phi) is 5.87. The van der Waals surface area contributed by atoms with E-state index < -0.39 is 11.7 Å². The molecule has 5 nitrogen and oxygen atoms in total. The first-order valence-corrected chi connectivity index (χ1v) is 8.89. The van der Waals surface area contributed by atoms with Crippen LogP contribution < -0.4 is 10.6 Å². The number of halogens is 3. The van der Waals surface area contributed by atoms with Crippen LogP contribution in [0.15, 0.2) is 53.5 Å². The first-order chi connectivity index (χ1) is 13.4. The summed E-state index contributed by atoms with van der Waals surface area (Å²) in [7, 11) is 3.63. The van der Waals surface area contributed by atoms with Gasteiger partial charge < -0.3 is 15.2 Å². The number of aromatic nitrogens is 2. The lowest BCUT2D eigenvalue weighted by molar-refractivity contribution is -0.137. The maximum absolute atomic E-state index is 12.6. The topological polar surface area (TPSA) is 54.2 Å². The van der Waals surface area contributed by atoms with Gasteiger partial charge in [0.15, 0.2) is 5.96 Å². The smallest absolute Gasteiger partial charge is 0.356 e. The molecule has 3 aromatic rings. The third-order valence-corrected chi connectivity index (χ3v) is 4.50. The van der Waals surface area contributed by atoms with E-state index in [0.29, 0.717) is 25.5 Å². The summed E-state index contributed by atoms with van der Waals surface area (Å²) >= 11 is 0. The van der Waals surface area contributed by atoms with Gasteiger partial charge in [-0.3, -0.25) is 4.99 Å². The summed E-state index contributed by atoms with van der Waals surface area (Å²) in [6, 6.07) is 13.1. The van der Waals surface area contributed by atoms with E-state index in [0.717, 1.165) is 34.6 Å². The Balaban J connectivity index is 1.51. The number of imidazole rings is 1. The van der Waals surface area contributed by atoms with E-state index in [1.165, 1.54) is 12.1 Å². The lowest BCUT2D eigenvalue weighted by atomic mass is 10.1. The van der Waals surface area contributed by atoms with Crippen LogP contribution in [0.25, 0.3) is 11.0 Å². The van der Waals surface area contributed by atoms with Crippen molar-refractivity contribution in [2.45, 2.75) is 19.1 Å². The van der Waals surface area contributed by atoms with Crippen LogP contribution in [0, 0.1) is 0 Å². The highest BCUT2D eigenvalue weighted by molar-refractivity contribution is 5.80. The molecule has 0 saturated heterocycles. The molecule has 28 heavy (non-hydrogen) atoms. The average Bonchev–Trinajstić information content (AvgIpc) is 3.00. The minimum absolute atomic E-state index is 0.505. The summed E-state index contributed by atoms with van der Waals surface area (Å²) in [5, 5.41) is 6.38. The first-order valence-electron chi connectivity index (χ1n) is 8.89. The molecule has 148 valence electrons. The zero-order valence-electron chi connectivity index (χ0n) is 15.7. The molecule has 1 aromatic heterocycles. The standard InChI is InChI=1S/C20H22F3N5/c1-24-19(25-12-11-14-7-9-15(10-8-14)20(21,22)23)26-13-18-27-16-5-3-4-6-17(16)28(18)2/h3-10H,11-13H2,1-2H3,(H2,24,25,26). The summed E-state index contributed by atoms with van der Waals surface area (Å²) in [4.78, 5) is 8.77. The van der Waals surface area contributed by atoms with Gasteiger partial charge in [0.1, 0.15) is 5.82 Å². The fourth-order valence-corrected chi connectivity index (χ4v) is 2.92. The van der Waals surface area contributed by atoms with Gasteiger partial charge in [-0.2, -0.15) is 13.2 Å². The number of rotatable bonds is 5. The predicted molar refractivity (Wildman–Crippen MR) is 104 cm³/mol. The van der Waals surface area contributed by atoms with E-state index in [1.807, 2.05) is 35.9 Å². The number of fused-ring (bicyclic) bond motifs is 1. The van der Waals surface area contributed by atoms with Crippen LogP contribution in [0.3, 0.4) is 0 Å². The molecule has 0 spiro atoms. The Bertz CT molecular complexity index is 958. The number of guanidine groups is 1. The van der Waals surface area contributed by atoms with E-state index in [4.69, 9.17) is 0 Å². The predicted octanol–water partition coefficient (Wildman–Crippen LogP) is 3.50. The normalized spacial score (nSPS) is 12.4. The minimum atomic E-state index is -4.31. The van der Waals surface area contributed by atoms with E-state index in [9.17, 15) is 13.2 Å². The number of hydrogen-bond acceptors (Lipinski definition) is 2. The van der Waals surface area contributed by atoms with Crippen molar-refractivity contribution in [3.05, 3.63) is 65.5 Å². The largest absolute Gasteiger partial charge is 0.416 e. The quantitative estimate of drug-likeness (QED) is 0.519. The summed E-state index contributed by atoms with van der Waals surface area (Å²) in [5.74, 6) is 1.49. The summed E-state index contributed by atoms with van der Waals surface area (Å²) in [6.07, 6.45) is -3.72. The third-order valence-electron chi connectivity index (χ3n) is 4.50. The zero-order valence-corrected chi connectivity index (χ0v) is 15.7. The van der Waals surface area contributed by atoms with Crippen LogP contribution in [-0.4, -0.2) is 29.1 Å². The summed E-state index contributed by atoms with van der Waals surface area (Å²) in [5.41, 5.74) is 2.19. The van der Waals surface area contributed by atoms with Crippen LogP contribution in [0.1, 0.15) is 17.0 Å². The molecule has 0 fully saturated rings. The first kappa shape index (κ1) is 19.7. The minimum Gasteiger partial charge on any atom is -0.356 e. The van der Waals surface area contributed by atoms with E-state index >= 15 is 0 Å². The van der Waals surface area contributed by atoms with Crippen LogP contribution in [-0.2, 0) is 26.2 Å². The van der Waals surface area contributed by atoms with Crippen molar-refractivity contribution in [3.8, 4) is 0 Å². The van der Waals surface area contributed by atoms with Crippen LogP contribution >= 0.6 is 0 Å². The molecule has 0 atom stereocenters.